The van der Waals surface area contributed by atoms with Crippen LogP contribution in [0.1, 0.15) is 35.3 Å². The van der Waals surface area contributed by atoms with E-state index in [1.807, 2.05) is 29.3 Å². The van der Waals surface area contributed by atoms with E-state index < -0.39 is 0 Å². The van der Waals surface area contributed by atoms with Gasteiger partial charge in [0.25, 0.3) is 5.91 Å². The zero-order valence-corrected chi connectivity index (χ0v) is 20.4. The lowest BCUT2D eigenvalue weighted by molar-refractivity contribution is 0.0791. The van der Waals surface area contributed by atoms with E-state index in [4.69, 9.17) is 9.47 Å². The fourth-order valence-electron chi connectivity index (χ4n) is 5.49. The molecule has 0 spiro atoms. The average Bonchev–Trinajstić information content (AvgIpc) is 3.49. The van der Waals surface area contributed by atoms with Crippen molar-refractivity contribution in [1.82, 2.24) is 14.8 Å². The van der Waals surface area contributed by atoms with Crippen molar-refractivity contribution < 1.29 is 14.3 Å². The molecule has 0 radical (unpaired) electrons. The number of nitrogens with one attached hydrogen (secondary N) is 1. The Morgan fingerprint density at radius 1 is 1.00 bits per heavy atom. The number of hydrogen-bond donors (Lipinski definition) is 1. The van der Waals surface area contributed by atoms with Gasteiger partial charge >= 0.3 is 0 Å². The maximum Gasteiger partial charge on any atom is 0.274 e. The van der Waals surface area contributed by atoms with E-state index in [0.29, 0.717) is 5.69 Å². The van der Waals surface area contributed by atoms with Crippen molar-refractivity contribution in [2.75, 3.05) is 37.6 Å². The Balaban J connectivity index is 1.08. The van der Waals surface area contributed by atoms with Crippen LogP contribution in [0.2, 0.25) is 0 Å². The third-order valence-corrected chi connectivity index (χ3v) is 7.47. The predicted molar refractivity (Wildman–Crippen MR) is 139 cm³/mol. The second kappa shape index (κ2) is 10.1. The molecule has 1 unspecified atom stereocenters. The Morgan fingerprint density at radius 3 is 2.64 bits per heavy atom. The minimum Gasteiger partial charge on any atom is -0.456 e. The molecule has 1 amide bonds. The van der Waals surface area contributed by atoms with Crippen molar-refractivity contribution >= 4 is 11.6 Å². The van der Waals surface area contributed by atoms with Crippen LogP contribution >= 0.6 is 0 Å². The number of carbonyl (C=O) groups is 1. The van der Waals surface area contributed by atoms with Crippen LogP contribution in [-0.2, 0) is 15.9 Å². The summed E-state index contributed by atoms with van der Waals surface area (Å²) < 4.78 is 11.9. The lowest BCUT2D eigenvalue weighted by Crippen LogP contribution is -2.54. The molecular weight excluding hydrogens is 452 g/mol. The first-order valence-corrected chi connectivity index (χ1v) is 12.9. The number of para-hydroxylation sites is 1. The first-order valence-electron chi connectivity index (χ1n) is 12.9. The topological polar surface area (TPSA) is 61.0 Å². The van der Waals surface area contributed by atoms with E-state index in [2.05, 4.69) is 51.2 Å². The molecule has 4 heterocycles. The second-order valence-corrected chi connectivity index (χ2v) is 9.70. The molecule has 0 bridgehead atoms. The summed E-state index contributed by atoms with van der Waals surface area (Å²) in [7, 11) is 0. The van der Waals surface area contributed by atoms with Crippen LogP contribution in [0.5, 0.6) is 0 Å². The third kappa shape index (κ3) is 4.58. The van der Waals surface area contributed by atoms with Crippen molar-refractivity contribution in [3.8, 4) is 0 Å². The van der Waals surface area contributed by atoms with E-state index >= 15 is 0 Å². The maximum absolute atomic E-state index is 13.5. The number of piperazine rings is 1. The number of nitrogens with zero attached hydrogens (tertiary/aromatic N) is 3. The largest absolute Gasteiger partial charge is 0.456 e. The smallest absolute Gasteiger partial charge is 0.274 e. The van der Waals surface area contributed by atoms with Gasteiger partial charge in [0.15, 0.2) is 12.0 Å². The highest BCUT2D eigenvalue weighted by molar-refractivity contribution is 6.06. The Morgan fingerprint density at radius 2 is 1.89 bits per heavy atom. The number of aryl methyl sites for hydroxylation is 1. The van der Waals surface area contributed by atoms with Gasteiger partial charge in [0, 0.05) is 44.6 Å². The van der Waals surface area contributed by atoms with Gasteiger partial charge in [0.05, 0.1) is 6.04 Å². The van der Waals surface area contributed by atoms with Gasteiger partial charge in [0.1, 0.15) is 12.0 Å². The molecular formula is C29H32N4O3. The van der Waals surface area contributed by atoms with Crippen LogP contribution in [0.3, 0.4) is 0 Å². The summed E-state index contributed by atoms with van der Waals surface area (Å²) in [6, 6.07) is 12.2. The van der Waals surface area contributed by atoms with Crippen LogP contribution < -0.4 is 4.90 Å². The third-order valence-electron chi connectivity index (χ3n) is 7.47. The standard InChI is InChI=1S/C29H32N4O3/c34-29(25-10-6-14-30-25)33-24(13-12-22-7-4-5-11-26(22)33)19-31-15-17-32(18-16-31)28-21-35-27(20-36-28)23-8-2-1-3-9-23/h1-2,4-8,10-11,14,20-21,24,30H,3,9,12-13,15-19H2. The van der Waals surface area contributed by atoms with Crippen molar-refractivity contribution in [3.63, 3.8) is 0 Å². The predicted octanol–water partition coefficient (Wildman–Crippen LogP) is 4.56. The van der Waals surface area contributed by atoms with E-state index in [1.165, 1.54) is 11.1 Å². The Labute approximate surface area is 212 Å². The van der Waals surface area contributed by atoms with Gasteiger partial charge in [-0.25, -0.2) is 0 Å². The zero-order valence-electron chi connectivity index (χ0n) is 20.4. The highest BCUT2D eigenvalue weighted by Gasteiger charge is 2.34. The van der Waals surface area contributed by atoms with Crippen LogP contribution in [0.15, 0.2) is 90.6 Å². The first kappa shape index (κ1) is 22.7. The van der Waals surface area contributed by atoms with Gasteiger partial charge in [-0.15, -0.1) is 0 Å². The number of H-pyrrole nitrogens is 1. The van der Waals surface area contributed by atoms with Crippen LogP contribution in [-0.4, -0.2) is 59.5 Å². The minimum atomic E-state index is 0.0415. The number of carbonyl (C=O) groups excluding carboxylic acids is 1. The van der Waals surface area contributed by atoms with Crippen LogP contribution in [0.25, 0.3) is 0 Å². The van der Waals surface area contributed by atoms with E-state index in [9.17, 15) is 4.79 Å². The highest BCUT2D eigenvalue weighted by Crippen LogP contribution is 2.33. The van der Waals surface area contributed by atoms with Crippen molar-refractivity contribution in [2.24, 2.45) is 0 Å². The lowest BCUT2D eigenvalue weighted by Gasteiger charge is -2.42. The van der Waals surface area contributed by atoms with E-state index in [0.717, 1.165) is 75.7 Å². The summed E-state index contributed by atoms with van der Waals surface area (Å²) in [6.07, 6.45) is 15.6. The van der Waals surface area contributed by atoms with Crippen molar-refractivity contribution in [1.29, 1.82) is 0 Å². The van der Waals surface area contributed by atoms with Crippen molar-refractivity contribution in [3.05, 3.63) is 102 Å². The van der Waals surface area contributed by atoms with E-state index in [-0.39, 0.29) is 11.9 Å². The molecule has 36 heavy (non-hydrogen) atoms. The number of aromatic nitrogens is 1. The average molecular weight is 485 g/mol. The molecule has 1 aromatic carbocycles. The van der Waals surface area contributed by atoms with Gasteiger partial charge in [-0.1, -0.05) is 36.4 Å². The molecule has 4 aliphatic rings. The van der Waals surface area contributed by atoms with E-state index in [1.54, 1.807) is 12.5 Å². The molecule has 7 nitrogen and oxygen atoms in total. The fourth-order valence-corrected chi connectivity index (χ4v) is 5.49. The van der Waals surface area contributed by atoms with Crippen LogP contribution in [0.4, 0.5) is 5.69 Å². The van der Waals surface area contributed by atoms with Crippen LogP contribution in [0, 0.1) is 0 Å². The number of anilines is 1. The van der Waals surface area contributed by atoms with Gasteiger partial charge < -0.3 is 24.3 Å². The quantitative estimate of drug-likeness (QED) is 0.674. The summed E-state index contributed by atoms with van der Waals surface area (Å²) in [4.78, 5) is 23.3. The van der Waals surface area contributed by atoms with Crippen molar-refractivity contribution in [2.45, 2.75) is 31.7 Å². The summed E-state index contributed by atoms with van der Waals surface area (Å²) in [6.45, 7) is 4.40. The Hall–Kier alpha value is -3.71. The molecule has 2 aromatic rings. The number of rotatable bonds is 5. The molecule has 1 N–H and O–H groups in total. The molecule has 7 heteroatoms. The molecule has 0 saturated carbocycles. The second-order valence-electron chi connectivity index (χ2n) is 9.70. The molecule has 6 rings (SSSR count). The number of amides is 1. The first-order chi connectivity index (χ1) is 17.8. The highest BCUT2D eigenvalue weighted by atomic mass is 16.6. The summed E-state index contributed by atoms with van der Waals surface area (Å²) in [5.41, 5.74) is 4.09. The molecule has 1 fully saturated rings. The van der Waals surface area contributed by atoms with Gasteiger partial charge in [-0.2, -0.15) is 0 Å². The number of hydrogen-bond acceptors (Lipinski definition) is 5. The SMILES string of the molecule is O=C(c1ccc[nH]1)N1c2ccccc2CCC1CN1CCN(C2=COC(C3=CC=CCC3)=CO2)CC1. The summed E-state index contributed by atoms with van der Waals surface area (Å²) >= 11 is 0. The molecule has 3 aliphatic heterocycles. The lowest BCUT2D eigenvalue weighted by atomic mass is 9.94. The minimum absolute atomic E-state index is 0.0415. The Bertz CT molecular complexity index is 1220. The zero-order chi connectivity index (χ0) is 24.3. The van der Waals surface area contributed by atoms with Gasteiger partial charge in [0.2, 0.25) is 5.88 Å². The molecule has 1 aliphatic carbocycles. The van der Waals surface area contributed by atoms with Gasteiger partial charge in [-0.05, 0) is 55.0 Å². The molecule has 186 valence electrons. The Kier molecular flexibility index (Phi) is 6.38. The molecule has 1 saturated heterocycles. The number of ether oxygens (including phenoxy) is 2. The monoisotopic (exact) mass is 484 g/mol. The molecule has 1 aromatic heterocycles. The molecule has 1 atom stereocenters. The summed E-state index contributed by atoms with van der Waals surface area (Å²) in [5.74, 6) is 1.60. The summed E-state index contributed by atoms with van der Waals surface area (Å²) in [5, 5.41) is 0. The fraction of sp³-hybridized carbons (Fsp3) is 0.345. The normalized spacial score (nSPS) is 22.1. The number of benzene rings is 1. The van der Waals surface area contributed by atoms with Gasteiger partial charge in [-0.3, -0.25) is 9.69 Å². The number of aromatic amines is 1. The maximum atomic E-state index is 13.5. The number of allylic oxidation sites excluding steroid dienone is 4. The number of fused-ring (bicyclic) bond motifs is 1.